The van der Waals surface area contributed by atoms with Gasteiger partial charge in [-0.25, -0.2) is 9.37 Å². The van der Waals surface area contributed by atoms with Crippen molar-refractivity contribution in [3.8, 4) is 6.07 Å². The topological polar surface area (TPSA) is 69.0 Å². The number of nitrogens with one attached hydrogen (secondary N) is 1. The Morgan fingerprint density at radius 3 is 2.62 bits per heavy atom. The monoisotopic (exact) mass is 388 g/mol. The SMILES string of the molecule is N#CCc1cc2ccccc2nc1N1CCC(NC(=O)c2ccc(F)cc2)CC1. The van der Waals surface area contributed by atoms with E-state index in [9.17, 15) is 14.4 Å². The molecule has 0 saturated carbocycles. The van der Waals surface area contributed by atoms with Crippen LogP contribution in [-0.2, 0) is 6.42 Å². The average molecular weight is 388 g/mol. The van der Waals surface area contributed by atoms with Gasteiger partial charge >= 0.3 is 0 Å². The van der Waals surface area contributed by atoms with Gasteiger partial charge < -0.3 is 10.2 Å². The summed E-state index contributed by atoms with van der Waals surface area (Å²) in [4.78, 5) is 19.4. The summed E-state index contributed by atoms with van der Waals surface area (Å²) < 4.78 is 13.0. The van der Waals surface area contributed by atoms with E-state index in [2.05, 4.69) is 16.3 Å². The molecule has 1 saturated heterocycles. The minimum atomic E-state index is -0.356. The van der Waals surface area contributed by atoms with E-state index in [-0.39, 0.29) is 17.8 Å². The highest BCUT2D eigenvalue weighted by molar-refractivity contribution is 5.94. The molecule has 29 heavy (non-hydrogen) atoms. The van der Waals surface area contributed by atoms with Gasteiger partial charge in [0.2, 0.25) is 0 Å². The number of benzene rings is 2. The van der Waals surface area contributed by atoms with Gasteiger partial charge in [0.05, 0.1) is 18.0 Å². The summed E-state index contributed by atoms with van der Waals surface area (Å²) in [6, 6.07) is 17.8. The molecule has 0 unspecified atom stereocenters. The molecule has 0 atom stereocenters. The van der Waals surface area contributed by atoms with Gasteiger partial charge in [-0.15, -0.1) is 0 Å². The number of carbonyl (C=O) groups excluding carboxylic acids is 1. The summed E-state index contributed by atoms with van der Waals surface area (Å²) in [5.41, 5.74) is 2.30. The number of nitriles is 1. The van der Waals surface area contributed by atoms with Crippen LogP contribution in [0.25, 0.3) is 10.9 Å². The predicted octanol–water partition coefficient (Wildman–Crippen LogP) is 3.84. The van der Waals surface area contributed by atoms with Crippen LogP contribution in [0.15, 0.2) is 54.6 Å². The molecule has 5 nitrogen and oxygen atoms in total. The fourth-order valence-corrected chi connectivity index (χ4v) is 3.74. The van der Waals surface area contributed by atoms with E-state index in [4.69, 9.17) is 4.98 Å². The van der Waals surface area contributed by atoms with Crippen LogP contribution in [0.3, 0.4) is 0 Å². The maximum atomic E-state index is 13.0. The zero-order chi connectivity index (χ0) is 20.2. The number of aromatic nitrogens is 1. The lowest BCUT2D eigenvalue weighted by Crippen LogP contribution is -2.45. The number of amides is 1. The molecule has 2 aromatic carbocycles. The number of carbonyl (C=O) groups is 1. The molecule has 0 aliphatic carbocycles. The van der Waals surface area contributed by atoms with Gasteiger partial charge in [-0.3, -0.25) is 4.79 Å². The Kier molecular flexibility index (Phi) is 5.39. The lowest BCUT2D eigenvalue weighted by atomic mass is 10.0. The second kappa shape index (κ2) is 8.27. The van der Waals surface area contributed by atoms with E-state index in [0.29, 0.717) is 12.0 Å². The van der Waals surface area contributed by atoms with Crippen LogP contribution < -0.4 is 10.2 Å². The summed E-state index contributed by atoms with van der Waals surface area (Å²) in [6.07, 6.45) is 1.88. The number of para-hydroxylation sites is 1. The van der Waals surface area contributed by atoms with Crippen molar-refractivity contribution >= 4 is 22.6 Å². The minimum absolute atomic E-state index is 0.0590. The number of fused-ring (bicyclic) bond motifs is 1. The number of piperidine rings is 1. The first kappa shape index (κ1) is 18.9. The Morgan fingerprint density at radius 1 is 1.17 bits per heavy atom. The van der Waals surface area contributed by atoms with Gasteiger partial charge in [-0.2, -0.15) is 5.26 Å². The molecule has 1 N–H and O–H groups in total. The fraction of sp³-hybridized carbons (Fsp3) is 0.261. The number of anilines is 1. The van der Waals surface area contributed by atoms with Crippen LogP contribution in [0.1, 0.15) is 28.8 Å². The van der Waals surface area contributed by atoms with Crippen molar-refractivity contribution < 1.29 is 9.18 Å². The molecule has 0 spiro atoms. The van der Waals surface area contributed by atoms with Crippen LogP contribution in [0, 0.1) is 17.1 Å². The molecule has 1 fully saturated rings. The van der Waals surface area contributed by atoms with Crippen molar-refractivity contribution in [2.45, 2.75) is 25.3 Å². The summed E-state index contributed by atoms with van der Waals surface area (Å²) in [7, 11) is 0. The summed E-state index contributed by atoms with van der Waals surface area (Å²) >= 11 is 0. The first-order valence-corrected chi connectivity index (χ1v) is 9.71. The lowest BCUT2D eigenvalue weighted by molar-refractivity contribution is 0.0931. The van der Waals surface area contributed by atoms with Gasteiger partial charge in [0.1, 0.15) is 11.6 Å². The zero-order valence-corrected chi connectivity index (χ0v) is 15.9. The van der Waals surface area contributed by atoms with Gasteiger partial charge in [0.25, 0.3) is 5.91 Å². The van der Waals surface area contributed by atoms with Crippen molar-refractivity contribution in [2.75, 3.05) is 18.0 Å². The largest absolute Gasteiger partial charge is 0.356 e. The van der Waals surface area contributed by atoms with Crippen molar-refractivity contribution in [3.05, 3.63) is 71.5 Å². The Morgan fingerprint density at radius 2 is 1.90 bits per heavy atom. The summed E-state index contributed by atoms with van der Waals surface area (Å²) in [5, 5.41) is 13.3. The van der Waals surface area contributed by atoms with Gasteiger partial charge in [0.15, 0.2) is 0 Å². The van der Waals surface area contributed by atoms with Crippen LogP contribution in [0.2, 0.25) is 0 Å². The van der Waals surface area contributed by atoms with Crippen LogP contribution in [0.5, 0.6) is 0 Å². The van der Waals surface area contributed by atoms with E-state index in [0.717, 1.165) is 48.2 Å². The van der Waals surface area contributed by atoms with Gasteiger partial charge in [-0.05, 0) is 49.2 Å². The third-order valence-electron chi connectivity index (χ3n) is 5.29. The van der Waals surface area contributed by atoms with Crippen LogP contribution >= 0.6 is 0 Å². The molecular weight excluding hydrogens is 367 g/mol. The van der Waals surface area contributed by atoms with E-state index in [1.54, 1.807) is 0 Å². The summed E-state index contributed by atoms with van der Waals surface area (Å²) in [6.45, 7) is 1.50. The lowest BCUT2D eigenvalue weighted by Gasteiger charge is -2.34. The number of nitrogens with zero attached hydrogens (tertiary/aromatic N) is 3. The number of rotatable bonds is 4. The highest BCUT2D eigenvalue weighted by atomic mass is 19.1. The number of pyridine rings is 1. The molecule has 1 amide bonds. The van der Waals surface area contributed by atoms with Crippen molar-refractivity contribution in [2.24, 2.45) is 0 Å². The first-order chi connectivity index (χ1) is 14.1. The average Bonchev–Trinajstić information content (AvgIpc) is 2.74. The Hall–Kier alpha value is -3.46. The molecule has 2 heterocycles. The molecule has 3 aromatic rings. The maximum Gasteiger partial charge on any atom is 0.251 e. The van der Waals surface area contributed by atoms with E-state index in [1.807, 2.05) is 30.3 Å². The molecule has 1 aromatic heterocycles. The van der Waals surface area contributed by atoms with E-state index in [1.165, 1.54) is 24.3 Å². The molecule has 6 heteroatoms. The van der Waals surface area contributed by atoms with Crippen molar-refractivity contribution in [3.63, 3.8) is 0 Å². The molecule has 146 valence electrons. The Labute approximate surface area is 168 Å². The molecule has 0 bridgehead atoms. The zero-order valence-electron chi connectivity index (χ0n) is 15.9. The van der Waals surface area contributed by atoms with E-state index >= 15 is 0 Å². The first-order valence-electron chi connectivity index (χ1n) is 9.71. The van der Waals surface area contributed by atoms with Crippen molar-refractivity contribution in [1.29, 1.82) is 5.26 Å². The quantitative estimate of drug-likeness (QED) is 0.737. The molecule has 0 radical (unpaired) electrons. The maximum absolute atomic E-state index is 13.0. The second-order valence-corrected chi connectivity index (χ2v) is 7.24. The second-order valence-electron chi connectivity index (χ2n) is 7.24. The Balaban J connectivity index is 1.45. The van der Waals surface area contributed by atoms with Crippen molar-refractivity contribution in [1.82, 2.24) is 10.3 Å². The Bertz CT molecular complexity index is 1070. The predicted molar refractivity (Wildman–Crippen MR) is 110 cm³/mol. The summed E-state index contributed by atoms with van der Waals surface area (Å²) in [5.74, 6) is 0.317. The molecule has 1 aliphatic heterocycles. The number of hydrogen-bond donors (Lipinski definition) is 1. The number of halogens is 1. The van der Waals surface area contributed by atoms with Crippen LogP contribution in [0.4, 0.5) is 10.2 Å². The smallest absolute Gasteiger partial charge is 0.251 e. The highest BCUT2D eigenvalue weighted by Gasteiger charge is 2.24. The van der Waals surface area contributed by atoms with E-state index < -0.39 is 0 Å². The fourth-order valence-electron chi connectivity index (χ4n) is 3.74. The van der Waals surface area contributed by atoms with Gasteiger partial charge in [0, 0.05) is 35.6 Å². The van der Waals surface area contributed by atoms with Crippen LogP contribution in [-0.4, -0.2) is 30.0 Å². The molecule has 1 aliphatic rings. The third-order valence-corrected chi connectivity index (χ3v) is 5.29. The minimum Gasteiger partial charge on any atom is -0.356 e. The highest BCUT2D eigenvalue weighted by Crippen LogP contribution is 2.26. The number of hydrogen-bond acceptors (Lipinski definition) is 4. The van der Waals surface area contributed by atoms with Gasteiger partial charge in [-0.1, -0.05) is 18.2 Å². The molecular formula is C23H21FN4O. The normalized spacial score (nSPS) is 14.6. The standard InChI is InChI=1S/C23H21FN4O/c24-19-7-5-16(6-8-19)23(29)26-20-10-13-28(14-11-20)22-18(9-12-25)15-17-3-1-2-4-21(17)27-22/h1-8,15,20H,9-11,13-14H2,(H,26,29). The third kappa shape index (κ3) is 4.19. The molecule has 4 rings (SSSR count).